The molecule has 2 heterocycles. The standard InChI is InChI=1S/C18H22FN3O2/c1-21-13-14(12-20-21)17-7-3-9-22(17)18(23)8-4-10-24-16-6-2-5-15(19)11-16/h2,5-6,11-13,17H,3-4,7-10H2,1H3/t17-/m0/s1. The lowest BCUT2D eigenvalue weighted by atomic mass is 10.1. The molecular formula is C18H22FN3O2. The summed E-state index contributed by atoms with van der Waals surface area (Å²) >= 11 is 0. The van der Waals surface area contributed by atoms with Gasteiger partial charge in [0.1, 0.15) is 11.6 Å². The largest absolute Gasteiger partial charge is 0.493 e. The monoisotopic (exact) mass is 331 g/mol. The number of hydrogen-bond donors (Lipinski definition) is 0. The minimum atomic E-state index is -0.319. The van der Waals surface area contributed by atoms with E-state index in [1.807, 2.05) is 24.3 Å². The molecule has 5 nitrogen and oxygen atoms in total. The van der Waals surface area contributed by atoms with Gasteiger partial charge >= 0.3 is 0 Å². The summed E-state index contributed by atoms with van der Waals surface area (Å²) < 4.78 is 20.3. The molecule has 1 aliphatic rings. The van der Waals surface area contributed by atoms with Gasteiger partial charge in [-0.15, -0.1) is 0 Å². The minimum Gasteiger partial charge on any atom is -0.493 e. The Morgan fingerprint density at radius 2 is 2.33 bits per heavy atom. The van der Waals surface area contributed by atoms with Gasteiger partial charge in [0.25, 0.3) is 0 Å². The topological polar surface area (TPSA) is 47.4 Å². The smallest absolute Gasteiger partial charge is 0.223 e. The summed E-state index contributed by atoms with van der Waals surface area (Å²) in [4.78, 5) is 14.4. The van der Waals surface area contributed by atoms with Crippen molar-refractivity contribution in [2.45, 2.75) is 31.7 Å². The summed E-state index contributed by atoms with van der Waals surface area (Å²) in [5.74, 6) is 0.320. The van der Waals surface area contributed by atoms with Crippen molar-refractivity contribution in [1.82, 2.24) is 14.7 Å². The second-order valence-corrected chi connectivity index (χ2v) is 6.10. The predicted octanol–water partition coefficient (Wildman–Crippen LogP) is 3.08. The van der Waals surface area contributed by atoms with Gasteiger partial charge in [0, 0.05) is 37.8 Å². The van der Waals surface area contributed by atoms with Crippen molar-refractivity contribution in [2.24, 2.45) is 7.05 Å². The Kier molecular flexibility index (Phi) is 5.13. The molecule has 6 heteroatoms. The van der Waals surface area contributed by atoms with Gasteiger partial charge in [-0.3, -0.25) is 9.48 Å². The molecule has 128 valence electrons. The SMILES string of the molecule is Cn1cc([C@@H]2CCCN2C(=O)CCCOc2cccc(F)c2)cn1. The zero-order valence-corrected chi connectivity index (χ0v) is 13.8. The van der Waals surface area contributed by atoms with Gasteiger partial charge in [0.2, 0.25) is 5.91 Å². The summed E-state index contributed by atoms with van der Waals surface area (Å²) in [6.07, 6.45) is 6.87. The lowest BCUT2D eigenvalue weighted by Gasteiger charge is -2.24. The molecular weight excluding hydrogens is 309 g/mol. The summed E-state index contributed by atoms with van der Waals surface area (Å²) in [6, 6.07) is 6.18. The molecule has 3 rings (SSSR count). The molecule has 1 amide bonds. The van der Waals surface area contributed by atoms with E-state index in [9.17, 15) is 9.18 Å². The first-order valence-corrected chi connectivity index (χ1v) is 8.30. The molecule has 0 aliphatic carbocycles. The van der Waals surface area contributed by atoms with Crippen LogP contribution in [0.4, 0.5) is 4.39 Å². The molecule has 1 fully saturated rings. The lowest BCUT2D eigenvalue weighted by Crippen LogP contribution is -2.30. The van der Waals surface area contributed by atoms with Crippen LogP contribution in [0.25, 0.3) is 0 Å². The molecule has 1 aromatic carbocycles. The number of carbonyl (C=O) groups excluding carboxylic acids is 1. The van der Waals surface area contributed by atoms with Gasteiger partial charge in [-0.25, -0.2) is 4.39 Å². The van der Waals surface area contributed by atoms with Crippen LogP contribution in [0.2, 0.25) is 0 Å². The van der Waals surface area contributed by atoms with Gasteiger partial charge in [-0.1, -0.05) is 6.07 Å². The van der Waals surface area contributed by atoms with Crippen LogP contribution in [0.5, 0.6) is 5.75 Å². The number of aromatic nitrogens is 2. The fourth-order valence-electron chi connectivity index (χ4n) is 3.14. The van der Waals surface area contributed by atoms with E-state index < -0.39 is 0 Å². The van der Waals surface area contributed by atoms with Crippen molar-refractivity contribution in [3.05, 3.63) is 48.0 Å². The van der Waals surface area contributed by atoms with Crippen LogP contribution < -0.4 is 4.74 Å². The first-order chi connectivity index (χ1) is 11.6. The molecule has 24 heavy (non-hydrogen) atoms. The molecule has 1 saturated heterocycles. The molecule has 1 atom stereocenters. The third-order valence-electron chi connectivity index (χ3n) is 4.28. The fraction of sp³-hybridized carbons (Fsp3) is 0.444. The second kappa shape index (κ2) is 7.47. The Bertz CT molecular complexity index is 701. The molecule has 2 aromatic rings. The van der Waals surface area contributed by atoms with Crippen LogP contribution >= 0.6 is 0 Å². The fourth-order valence-corrected chi connectivity index (χ4v) is 3.14. The maximum Gasteiger partial charge on any atom is 0.223 e. The van der Waals surface area contributed by atoms with Gasteiger partial charge in [0.05, 0.1) is 18.8 Å². The van der Waals surface area contributed by atoms with E-state index in [4.69, 9.17) is 4.74 Å². The van der Waals surface area contributed by atoms with Crippen molar-refractivity contribution in [3.63, 3.8) is 0 Å². The van der Waals surface area contributed by atoms with Crippen molar-refractivity contribution >= 4 is 5.91 Å². The maximum absolute atomic E-state index is 13.1. The number of aryl methyl sites for hydroxylation is 1. The Morgan fingerprint density at radius 3 is 3.08 bits per heavy atom. The van der Waals surface area contributed by atoms with Gasteiger partial charge in [-0.2, -0.15) is 5.10 Å². The molecule has 0 bridgehead atoms. The highest BCUT2D eigenvalue weighted by Crippen LogP contribution is 2.32. The van der Waals surface area contributed by atoms with Crippen LogP contribution in [0.15, 0.2) is 36.7 Å². The van der Waals surface area contributed by atoms with Crippen LogP contribution in [-0.4, -0.2) is 33.7 Å². The van der Waals surface area contributed by atoms with Crippen LogP contribution in [0, 0.1) is 5.82 Å². The summed E-state index contributed by atoms with van der Waals surface area (Å²) in [7, 11) is 1.88. The van der Waals surface area contributed by atoms with E-state index in [2.05, 4.69) is 5.10 Å². The predicted molar refractivity (Wildman–Crippen MR) is 88.0 cm³/mol. The highest BCUT2D eigenvalue weighted by Gasteiger charge is 2.30. The number of likely N-dealkylation sites (tertiary alicyclic amines) is 1. The highest BCUT2D eigenvalue weighted by atomic mass is 19.1. The van der Waals surface area contributed by atoms with Crippen molar-refractivity contribution in [2.75, 3.05) is 13.2 Å². The van der Waals surface area contributed by atoms with Crippen molar-refractivity contribution < 1.29 is 13.9 Å². The first-order valence-electron chi connectivity index (χ1n) is 8.30. The van der Waals surface area contributed by atoms with E-state index in [0.717, 1.165) is 24.9 Å². The lowest BCUT2D eigenvalue weighted by molar-refractivity contribution is -0.132. The number of amides is 1. The van der Waals surface area contributed by atoms with Crippen LogP contribution in [0.3, 0.4) is 0 Å². The number of halogens is 1. The van der Waals surface area contributed by atoms with Gasteiger partial charge in [0.15, 0.2) is 0 Å². The molecule has 0 spiro atoms. The molecule has 0 saturated carbocycles. The number of benzene rings is 1. The Balaban J connectivity index is 1.47. The summed E-state index contributed by atoms with van der Waals surface area (Å²) in [6.45, 7) is 1.20. The third kappa shape index (κ3) is 3.93. The molecule has 0 N–H and O–H groups in total. The number of carbonyl (C=O) groups is 1. The summed E-state index contributed by atoms with van der Waals surface area (Å²) in [5.41, 5.74) is 1.10. The Labute approximate surface area is 141 Å². The van der Waals surface area contributed by atoms with Crippen LogP contribution in [0.1, 0.15) is 37.3 Å². The Morgan fingerprint density at radius 1 is 1.46 bits per heavy atom. The van der Waals surface area contributed by atoms with Gasteiger partial charge in [-0.05, 0) is 31.4 Å². The second-order valence-electron chi connectivity index (χ2n) is 6.10. The van der Waals surface area contributed by atoms with E-state index in [-0.39, 0.29) is 17.8 Å². The Hall–Kier alpha value is -2.37. The van der Waals surface area contributed by atoms with Crippen molar-refractivity contribution in [1.29, 1.82) is 0 Å². The molecule has 1 aliphatic heterocycles. The van der Waals surface area contributed by atoms with Gasteiger partial charge < -0.3 is 9.64 Å². The average Bonchev–Trinajstić information content (AvgIpc) is 3.20. The maximum atomic E-state index is 13.1. The zero-order valence-electron chi connectivity index (χ0n) is 13.8. The van der Waals surface area contributed by atoms with E-state index in [1.165, 1.54) is 12.1 Å². The molecule has 0 unspecified atom stereocenters. The van der Waals surface area contributed by atoms with E-state index >= 15 is 0 Å². The highest BCUT2D eigenvalue weighted by molar-refractivity contribution is 5.77. The zero-order chi connectivity index (χ0) is 16.9. The summed E-state index contributed by atoms with van der Waals surface area (Å²) in [5, 5.41) is 4.20. The van der Waals surface area contributed by atoms with Crippen LogP contribution in [-0.2, 0) is 11.8 Å². The molecule has 1 aromatic heterocycles. The first kappa shape index (κ1) is 16.5. The average molecular weight is 331 g/mol. The number of ether oxygens (including phenoxy) is 1. The van der Waals surface area contributed by atoms with E-state index in [1.54, 1.807) is 16.8 Å². The minimum absolute atomic E-state index is 0.135. The van der Waals surface area contributed by atoms with Crippen molar-refractivity contribution in [3.8, 4) is 5.75 Å². The third-order valence-corrected chi connectivity index (χ3v) is 4.28. The quantitative estimate of drug-likeness (QED) is 0.764. The van der Waals surface area contributed by atoms with E-state index in [0.29, 0.717) is 25.2 Å². The number of hydrogen-bond acceptors (Lipinski definition) is 3. The number of rotatable bonds is 6. The molecule has 0 radical (unpaired) electrons. The number of nitrogens with zero attached hydrogens (tertiary/aromatic N) is 3. The normalized spacial score (nSPS) is 17.2.